The Morgan fingerprint density at radius 1 is 1.17 bits per heavy atom. The molecule has 5 nitrogen and oxygen atoms in total. The fraction of sp³-hybridized carbons (Fsp3) is 0.562. The molecule has 132 valence electrons. The maximum Gasteiger partial charge on any atom is 0.191 e. The maximum absolute atomic E-state index is 11.4. The minimum Gasteiger partial charge on any atom is -0.357 e. The summed E-state index contributed by atoms with van der Waals surface area (Å²) in [5, 5.41) is 6.58. The molecular formula is C16H28IN3O2S. The van der Waals surface area contributed by atoms with Crippen LogP contribution in [0.5, 0.6) is 0 Å². The highest BCUT2D eigenvalue weighted by Gasteiger charge is 2.09. The lowest BCUT2D eigenvalue weighted by molar-refractivity contribution is 0.481. The Labute approximate surface area is 157 Å². The molecule has 0 amide bonds. The van der Waals surface area contributed by atoms with E-state index in [2.05, 4.69) is 36.4 Å². The second kappa shape index (κ2) is 10.1. The van der Waals surface area contributed by atoms with Crippen molar-refractivity contribution in [3.05, 3.63) is 29.8 Å². The van der Waals surface area contributed by atoms with Gasteiger partial charge in [-0.1, -0.05) is 26.0 Å². The zero-order valence-corrected chi connectivity index (χ0v) is 17.6. The molecule has 0 saturated carbocycles. The predicted molar refractivity (Wildman–Crippen MR) is 107 cm³/mol. The highest BCUT2D eigenvalue weighted by Crippen LogP contribution is 2.11. The molecule has 0 heterocycles. The minimum atomic E-state index is -3.15. The number of aliphatic imine (C=N–C) groups is 1. The quantitative estimate of drug-likeness (QED) is 0.395. The van der Waals surface area contributed by atoms with Crippen LogP contribution in [0.2, 0.25) is 0 Å². The van der Waals surface area contributed by atoms with Gasteiger partial charge in [0, 0.05) is 18.8 Å². The Kier molecular flexibility index (Phi) is 9.76. The number of benzene rings is 1. The smallest absolute Gasteiger partial charge is 0.191 e. The van der Waals surface area contributed by atoms with E-state index in [1.807, 2.05) is 6.92 Å². The Morgan fingerprint density at radius 2 is 1.74 bits per heavy atom. The molecule has 0 bridgehead atoms. The minimum absolute atomic E-state index is 0. The zero-order chi connectivity index (χ0) is 16.8. The molecule has 0 aliphatic heterocycles. The van der Waals surface area contributed by atoms with E-state index >= 15 is 0 Å². The molecule has 0 aliphatic rings. The lowest BCUT2D eigenvalue weighted by Gasteiger charge is -2.20. The van der Waals surface area contributed by atoms with Gasteiger partial charge in [-0.25, -0.2) is 13.4 Å². The Bertz CT molecular complexity index is 598. The first-order valence-corrected chi connectivity index (χ1v) is 9.47. The molecule has 0 spiro atoms. The van der Waals surface area contributed by atoms with Crippen molar-refractivity contribution in [1.29, 1.82) is 0 Å². The van der Waals surface area contributed by atoms with Gasteiger partial charge in [-0.15, -0.1) is 24.0 Å². The summed E-state index contributed by atoms with van der Waals surface area (Å²) in [5.74, 6) is 1.29. The number of guanidine groups is 1. The summed E-state index contributed by atoms with van der Waals surface area (Å²) in [4.78, 5) is 4.88. The number of hydrogen-bond donors (Lipinski definition) is 2. The molecule has 0 aliphatic carbocycles. The van der Waals surface area contributed by atoms with Gasteiger partial charge in [0.2, 0.25) is 0 Å². The highest BCUT2D eigenvalue weighted by atomic mass is 127. The van der Waals surface area contributed by atoms with E-state index in [1.54, 1.807) is 24.3 Å². The van der Waals surface area contributed by atoms with E-state index in [-0.39, 0.29) is 24.0 Å². The van der Waals surface area contributed by atoms with Crippen LogP contribution in [0.1, 0.15) is 33.3 Å². The van der Waals surface area contributed by atoms with Gasteiger partial charge in [0.25, 0.3) is 0 Å². The monoisotopic (exact) mass is 453 g/mol. The average molecular weight is 453 g/mol. The SMILES string of the molecule is CCNC(=NCc1ccc(S(C)(=O)=O)cc1)NC(C)C(C)C.I. The van der Waals surface area contributed by atoms with Gasteiger partial charge in [0.15, 0.2) is 15.8 Å². The number of sulfone groups is 1. The molecule has 23 heavy (non-hydrogen) atoms. The Hall–Kier alpha value is -0.830. The molecule has 1 aromatic rings. The second-order valence-corrected chi connectivity index (χ2v) is 7.80. The van der Waals surface area contributed by atoms with Crippen molar-refractivity contribution in [2.75, 3.05) is 12.8 Å². The summed E-state index contributed by atoms with van der Waals surface area (Å²) < 4.78 is 22.9. The second-order valence-electron chi connectivity index (χ2n) is 5.79. The number of rotatable bonds is 6. The third kappa shape index (κ3) is 8.01. The molecule has 0 fully saturated rings. The first-order valence-electron chi connectivity index (χ1n) is 7.58. The van der Waals surface area contributed by atoms with E-state index in [0.717, 1.165) is 18.1 Å². The van der Waals surface area contributed by atoms with Crippen LogP contribution in [-0.2, 0) is 16.4 Å². The van der Waals surface area contributed by atoms with Gasteiger partial charge in [-0.2, -0.15) is 0 Å². The van der Waals surface area contributed by atoms with Crippen molar-refractivity contribution in [2.24, 2.45) is 10.9 Å². The standard InChI is InChI=1S/C16H27N3O2S.HI/c1-6-17-16(19-13(4)12(2)3)18-11-14-7-9-15(10-8-14)22(5,20)21;/h7-10,12-13H,6,11H2,1-5H3,(H2,17,18,19);1H. The number of nitrogens with zero attached hydrogens (tertiary/aromatic N) is 1. The first kappa shape index (κ1) is 22.2. The maximum atomic E-state index is 11.4. The average Bonchev–Trinajstić information content (AvgIpc) is 2.44. The molecule has 1 aromatic carbocycles. The third-order valence-electron chi connectivity index (χ3n) is 3.48. The first-order chi connectivity index (χ1) is 10.2. The summed E-state index contributed by atoms with van der Waals surface area (Å²) in [7, 11) is -3.15. The lowest BCUT2D eigenvalue weighted by atomic mass is 10.1. The fourth-order valence-electron chi connectivity index (χ4n) is 1.71. The van der Waals surface area contributed by atoms with Gasteiger partial charge >= 0.3 is 0 Å². The topological polar surface area (TPSA) is 70.6 Å². The van der Waals surface area contributed by atoms with Crippen LogP contribution in [0, 0.1) is 5.92 Å². The highest BCUT2D eigenvalue weighted by molar-refractivity contribution is 14.0. The normalized spacial score (nSPS) is 13.4. The number of halogens is 1. The van der Waals surface area contributed by atoms with Gasteiger partial charge in [0.1, 0.15) is 0 Å². The summed E-state index contributed by atoms with van der Waals surface area (Å²) in [5.41, 5.74) is 0.974. The summed E-state index contributed by atoms with van der Waals surface area (Å²) in [6.45, 7) is 9.76. The molecule has 1 atom stereocenters. The summed E-state index contributed by atoms with van der Waals surface area (Å²) in [6.07, 6.45) is 1.21. The zero-order valence-electron chi connectivity index (χ0n) is 14.5. The molecular weight excluding hydrogens is 425 g/mol. The van der Waals surface area contributed by atoms with Crippen molar-refractivity contribution in [2.45, 2.75) is 45.2 Å². The molecule has 0 saturated heterocycles. The van der Waals surface area contributed by atoms with Gasteiger partial charge in [-0.05, 0) is 37.5 Å². The molecule has 2 N–H and O–H groups in total. The van der Waals surface area contributed by atoms with Crippen LogP contribution in [0.25, 0.3) is 0 Å². The van der Waals surface area contributed by atoms with E-state index < -0.39 is 9.84 Å². The molecule has 0 radical (unpaired) electrons. The molecule has 7 heteroatoms. The van der Waals surface area contributed by atoms with Gasteiger partial charge in [0.05, 0.1) is 11.4 Å². The van der Waals surface area contributed by atoms with Crippen LogP contribution in [0.3, 0.4) is 0 Å². The van der Waals surface area contributed by atoms with Crippen molar-refractivity contribution in [3.63, 3.8) is 0 Å². The number of nitrogens with one attached hydrogen (secondary N) is 2. The van der Waals surface area contributed by atoms with Crippen molar-refractivity contribution >= 4 is 39.8 Å². The van der Waals surface area contributed by atoms with E-state index in [4.69, 9.17) is 0 Å². The lowest BCUT2D eigenvalue weighted by Crippen LogP contribution is -2.44. The molecule has 1 unspecified atom stereocenters. The van der Waals surface area contributed by atoms with Gasteiger partial charge in [-0.3, -0.25) is 0 Å². The molecule has 0 aromatic heterocycles. The Balaban J connectivity index is 0.00000484. The Morgan fingerprint density at radius 3 is 2.17 bits per heavy atom. The van der Waals surface area contributed by atoms with Crippen LogP contribution < -0.4 is 10.6 Å². The molecule has 1 rings (SSSR count). The van der Waals surface area contributed by atoms with Crippen LogP contribution in [0.4, 0.5) is 0 Å². The fourth-order valence-corrected chi connectivity index (χ4v) is 2.35. The van der Waals surface area contributed by atoms with Crippen LogP contribution in [-0.4, -0.2) is 33.2 Å². The third-order valence-corrected chi connectivity index (χ3v) is 4.61. The van der Waals surface area contributed by atoms with E-state index in [9.17, 15) is 8.42 Å². The van der Waals surface area contributed by atoms with Crippen molar-refractivity contribution in [3.8, 4) is 0 Å². The van der Waals surface area contributed by atoms with E-state index in [1.165, 1.54) is 6.26 Å². The van der Waals surface area contributed by atoms with Crippen LogP contribution in [0.15, 0.2) is 34.2 Å². The number of hydrogen-bond acceptors (Lipinski definition) is 3. The van der Waals surface area contributed by atoms with Gasteiger partial charge < -0.3 is 10.6 Å². The van der Waals surface area contributed by atoms with Crippen molar-refractivity contribution in [1.82, 2.24) is 10.6 Å². The van der Waals surface area contributed by atoms with Crippen LogP contribution >= 0.6 is 24.0 Å². The predicted octanol–water partition coefficient (Wildman–Crippen LogP) is 2.81. The van der Waals surface area contributed by atoms with Crippen molar-refractivity contribution < 1.29 is 8.42 Å². The summed E-state index contributed by atoms with van der Waals surface area (Å²) in [6, 6.07) is 7.17. The summed E-state index contributed by atoms with van der Waals surface area (Å²) >= 11 is 0. The van der Waals surface area contributed by atoms with E-state index in [0.29, 0.717) is 23.4 Å². The largest absolute Gasteiger partial charge is 0.357 e.